The van der Waals surface area contributed by atoms with Crippen LogP contribution in [0.1, 0.15) is 39.1 Å². The summed E-state index contributed by atoms with van der Waals surface area (Å²) in [6.45, 7) is 6.60. The number of sulfone groups is 1. The van der Waals surface area contributed by atoms with Gasteiger partial charge in [0.15, 0.2) is 21.5 Å². The molecule has 1 aromatic heterocycles. The van der Waals surface area contributed by atoms with Crippen molar-refractivity contribution in [2.45, 2.75) is 57.2 Å². The van der Waals surface area contributed by atoms with Crippen LogP contribution in [0.3, 0.4) is 0 Å². The van der Waals surface area contributed by atoms with E-state index in [2.05, 4.69) is 20.7 Å². The summed E-state index contributed by atoms with van der Waals surface area (Å²) in [5, 5.41) is 14.6. The van der Waals surface area contributed by atoms with E-state index in [9.17, 15) is 18.0 Å². The molecule has 11 nitrogen and oxygen atoms in total. The first-order valence-corrected chi connectivity index (χ1v) is 13.7. The number of hydrogen-bond acceptors (Lipinski definition) is 8. The van der Waals surface area contributed by atoms with Crippen molar-refractivity contribution in [3.8, 4) is 5.69 Å². The van der Waals surface area contributed by atoms with Crippen molar-refractivity contribution < 1.29 is 27.1 Å². The Morgan fingerprint density at radius 1 is 1.21 bits per heavy atom. The first kappa shape index (κ1) is 27.5. The number of aromatic nitrogens is 4. The van der Waals surface area contributed by atoms with E-state index < -0.39 is 49.9 Å². The number of rotatable bonds is 5. The van der Waals surface area contributed by atoms with Crippen molar-refractivity contribution in [2.24, 2.45) is 0 Å². The summed E-state index contributed by atoms with van der Waals surface area (Å²) in [7, 11) is -4.26. The lowest BCUT2D eigenvalue weighted by Crippen LogP contribution is -2.51. The van der Waals surface area contributed by atoms with E-state index in [1.807, 2.05) is 0 Å². The molecule has 1 N–H and O–H groups in total. The fourth-order valence-corrected chi connectivity index (χ4v) is 5.55. The molecule has 4 rings (SSSR count). The Hall–Kier alpha value is -3.58. The van der Waals surface area contributed by atoms with E-state index in [1.165, 1.54) is 11.0 Å². The summed E-state index contributed by atoms with van der Waals surface area (Å²) in [5.41, 5.74) is -0.561. The van der Waals surface area contributed by atoms with Crippen LogP contribution in [0.5, 0.6) is 0 Å². The second-order valence-electron chi connectivity index (χ2n) is 9.65. The number of halogens is 2. The zero-order valence-electron chi connectivity index (χ0n) is 21.1. The fourth-order valence-electron chi connectivity index (χ4n) is 3.81. The third kappa shape index (κ3) is 5.94. The van der Waals surface area contributed by atoms with Gasteiger partial charge in [-0.05, 0) is 55.8 Å². The van der Waals surface area contributed by atoms with Crippen LogP contribution in [-0.2, 0) is 32.3 Å². The van der Waals surface area contributed by atoms with Crippen LogP contribution in [0, 0.1) is 5.82 Å². The average molecular weight is 565 g/mol. The number of carbonyl (C=O) groups excluding carboxylic acids is 2. The maximum atomic E-state index is 15.2. The Balaban J connectivity index is 1.84. The van der Waals surface area contributed by atoms with Gasteiger partial charge in [-0.25, -0.2) is 17.6 Å². The number of alkyl carbamates (subject to hydrolysis) is 1. The number of carbonyl (C=O) groups is 2. The Kier molecular flexibility index (Phi) is 7.44. The number of nitrogens with zero attached hydrogens (tertiary/aromatic N) is 5. The first-order valence-electron chi connectivity index (χ1n) is 11.7. The van der Waals surface area contributed by atoms with E-state index in [0.29, 0.717) is 22.8 Å². The number of anilines is 1. The summed E-state index contributed by atoms with van der Waals surface area (Å²) < 4.78 is 47.3. The topological polar surface area (TPSA) is 136 Å². The van der Waals surface area contributed by atoms with Gasteiger partial charge in [-0.3, -0.25) is 4.79 Å². The van der Waals surface area contributed by atoms with Gasteiger partial charge in [0.05, 0.1) is 22.9 Å². The van der Waals surface area contributed by atoms with Crippen LogP contribution in [0.15, 0.2) is 41.3 Å². The predicted octanol–water partition coefficient (Wildman–Crippen LogP) is 3.23. The molecule has 0 unspecified atom stereocenters. The molecule has 3 aromatic rings. The summed E-state index contributed by atoms with van der Waals surface area (Å²) >= 11 is 6.00. The molecule has 0 radical (unpaired) electrons. The van der Waals surface area contributed by atoms with Crippen LogP contribution in [0.2, 0.25) is 5.02 Å². The van der Waals surface area contributed by atoms with Gasteiger partial charge in [0.2, 0.25) is 0 Å². The molecular weight excluding hydrogens is 539 g/mol. The number of benzene rings is 2. The number of ether oxygens (including phenoxy) is 1. The highest BCUT2D eigenvalue weighted by Crippen LogP contribution is 2.35. The Morgan fingerprint density at radius 2 is 1.89 bits per heavy atom. The second-order valence-corrected chi connectivity index (χ2v) is 12.1. The Labute approximate surface area is 223 Å². The summed E-state index contributed by atoms with van der Waals surface area (Å²) in [4.78, 5) is 28.0. The van der Waals surface area contributed by atoms with Gasteiger partial charge in [0.1, 0.15) is 17.3 Å². The van der Waals surface area contributed by atoms with Crippen molar-refractivity contribution in [1.82, 2.24) is 25.5 Å². The minimum atomic E-state index is -4.26. The van der Waals surface area contributed by atoms with Crippen molar-refractivity contribution >= 4 is 39.1 Å². The van der Waals surface area contributed by atoms with E-state index in [4.69, 9.17) is 16.3 Å². The predicted molar refractivity (Wildman–Crippen MR) is 136 cm³/mol. The van der Waals surface area contributed by atoms with Gasteiger partial charge in [-0.1, -0.05) is 30.7 Å². The molecule has 0 fully saturated rings. The van der Waals surface area contributed by atoms with E-state index in [0.717, 1.165) is 10.9 Å². The fraction of sp³-hybridized carbons (Fsp3) is 0.375. The van der Waals surface area contributed by atoms with Crippen molar-refractivity contribution in [3.63, 3.8) is 0 Å². The second kappa shape index (κ2) is 10.3. The van der Waals surface area contributed by atoms with Crippen molar-refractivity contribution in [1.29, 1.82) is 0 Å². The number of nitrogens with one attached hydrogen (secondary N) is 1. The van der Waals surface area contributed by atoms with Crippen LogP contribution >= 0.6 is 11.6 Å². The molecule has 2 amide bonds. The molecule has 202 valence electrons. The van der Waals surface area contributed by atoms with Gasteiger partial charge in [-0.15, -0.1) is 15.0 Å². The highest BCUT2D eigenvalue weighted by molar-refractivity contribution is 7.91. The Morgan fingerprint density at radius 3 is 2.50 bits per heavy atom. The van der Waals surface area contributed by atoms with Gasteiger partial charge < -0.3 is 15.0 Å². The summed E-state index contributed by atoms with van der Waals surface area (Å²) in [5.74, 6) is -2.10. The highest BCUT2D eigenvalue weighted by atomic mass is 35.5. The molecule has 14 heteroatoms. The molecule has 0 saturated carbocycles. The molecule has 2 heterocycles. The van der Waals surface area contributed by atoms with E-state index >= 15 is 4.39 Å². The van der Waals surface area contributed by atoms with Crippen LogP contribution in [0.4, 0.5) is 14.9 Å². The number of hydrogen-bond donors (Lipinski definition) is 1. The van der Waals surface area contributed by atoms with Crippen LogP contribution in [0.25, 0.3) is 5.69 Å². The van der Waals surface area contributed by atoms with E-state index in [1.54, 1.807) is 52.0 Å². The Bertz CT molecular complexity index is 1490. The number of fused-ring (bicyclic) bond motifs is 1. The molecule has 1 atom stereocenters. The standard InChI is InChI=1S/C24H26ClFN6O5S/c1-5-21-28-30-32(29-21)18-11-19-20(10-16(18)26)38(35,36)13-17(27-23(34)37-24(2,3)4)22(33)31(19)12-14-6-8-15(25)9-7-14/h6-11,17H,5,12-13H2,1-4H3,(H,27,34)/t17-/m0/s1. The zero-order chi connectivity index (χ0) is 27.8. The molecule has 2 aromatic carbocycles. The lowest BCUT2D eigenvalue weighted by Gasteiger charge is -2.27. The third-order valence-electron chi connectivity index (χ3n) is 5.54. The molecule has 1 aliphatic heterocycles. The number of tetrazole rings is 1. The third-order valence-corrected chi connectivity index (χ3v) is 7.56. The lowest BCUT2D eigenvalue weighted by molar-refractivity contribution is -0.120. The molecular formula is C24H26ClFN6O5S. The molecule has 0 aliphatic carbocycles. The molecule has 0 spiro atoms. The number of amides is 2. The van der Waals surface area contributed by atoms with Gasteiger partial charge in [-0.2, -0.15) is 0 Å². The highest BCUT2D eigenvalue weighted by Gasteiger charge is 2.40. The molecule has 1 aliphatic rings. The maximum Gasteiger partial charge on any atom is 0.408 e. The monoisotopic (exact) mass is 564 g/mol. The maximum absolute atomic E-state index is 15.2. The summed E-state index contributed by atoms with van der Waals surface area (Å²) in [6.07, 6.45) is -0.519. The quantitative estimate of drug-likeness (QED) is 0.499. The van der Waals surface area contributed by atoms with Gasteiger partial charge in [0, 0.05) is 11.4 Å². The number of aryl methyl sites for hydroxylation is 1. The van der Waals surface area contributed by atoms with Crippen molar-refractivity contribution in [3.05, 3.63) is 58.6 Å². The molecule has 0 saturated heterocycles. The lowest BCUT2D eigenvalue weighted by atomic mass is 10.1. The molecule has 0 bridgehead atoms. The van der Waals surface area contributed by atoms with Crippen molar-refractivity contribution in [2.75, 3.05) is 10.7 Å². The zero-order valence-corrected chi connectivity index (χ0v) is 22.7. The average Bonchev–Trinajstić information content (AvgIpc) is 3.28. The minimum absolute atomic E-state index is 0.0924. The first-order chi connectivity index (χ1) is 17.8. The van der Waals surface area contributed by atoms with Gasteiger partial charge in [0.25, 0.3) is 5.91 Å². The molecule has 38 heavy (non-hydrogen) atoms. The van der Waals surface area contributed by atoms with Crippen LogP contribution in [-0.4, -0.2) is 58.0 Å². The minimum Gasteiger partial charge on any atom is -0.444 e. The van der Waals surface area contributed by atoms with E-state index in [-0.39, 0.29) is 17.9 Å². The normalized spacial score (nSPS) is 17.1. The smallest absolute Gasteiger partial charge is 0.408 e. The van der Waals surface area contributed by atoms with Gasteiger partial charge >= 0.3 is 6.09 Å². The largest absolute Gasteiger partial charge is 0.444 e. The summed E-state index contributed by atoms with van der Waals surface area (Å²) in [6, 6.07) is 7.09. The van der Waals surface area contributed by atoms with Crippen LogP contribution < -0.4 is 10.2 Å². The SMILES string of the molecule is CCc1nnn(-c2cc3c(cc2F)S(=O)(=O)C[C@H](NC(=O)OC(C)(C)C)C(=O)N3Cc2ccc(Cl)cc2)n1.